The molecule has 0 saturated heterocycles. The largest absolute Gasteiger partial charge is 0.382 e. The number of carbonyl (C=O) groups is 1. The average Bonchev–Trinajstić information content (AvgIpc) is 3.27. The van der Waals surface area contributed by atoms with Gasteiger partial charge in [0, 0.05) is 30.1 Å². The van der Waals surface area contributed by atoms with Gasteiger partial charge in [-0.15, -0.1) is 0 Å². The van der Waals surface area contributed by atoms with E-state index in [2.05, 4.69) is 21.5 Å². The minimum atomic E-state index is -0.676. The molecule has 0 fully saturated rings. The van der Waals surface area contributed by atoms with Crippen LogP contribution in [-0.2, 0) is 16.1 Å². The standard InChI is InChI=1S/C23H17ClN4O2/c24-20-5-1-3-16(19(20)13-25)11-15-6-8-18(9-7-15)27-23(29)22-12-21(28-30-22)17-4-2-10-26-14-17/h1-10,14,22H,11-12H2,(H,27,29). The molecule has 1 aliphatic rings. The Morgan fingerprint density at radius 3 is 2.77 bits per heavy atom. The van der Waals surface area contributed by atoms with E-state index < -0.39 is 6.10 Å². The number of nitrogens with zero attached hydrogens (tertiary/aromatic N) is 3. The first-order chi connectivity index (χ1) is 14.6. The predicted molar refractivity (Wildman–Crippen MR) is 114 cm³/mol. The van der Waals surface area contributed by atoms with E-state index in [9.17, 15) is 10.1 Å². The number of rotatable bonds is 5. The Kier molecular flexibility index (Phi) is 5.73. The SMILES string of the molecule is N#Cc1c(Cl)cccc1Cc1ccc(NC(=O)C2CC(c3cccnc3)=NO2)cc1. The van der Waals surface area contributed by atoms with Crippen LogP contribution >= 0.6 is 11.6 Å². The van der Waals surface area contributed by atoms with Crippen molar-refractivity contribution in [2.45, 2.75) is 18.9 Å². The smallest absolute Gasteiger partial charge is 0.268 e. The number of hydrogen-bond acceptors (Lipinski definition) is 5. The lowest BCUT2D eigenvalue weighted by Gasteiger charge is -2.11. The molecule has 1 aromatic heterocycles. The van der Waals surface area contributed by atoms with Crippen molar-refractivity contribution in [3.63, 3.8) is 0 Å². The molecular weight excluding hydrogens is 400 g/mol. The molecule has 1 unspecified atom stereocenters. The van der Waals surface area contributed by atoms with Crippen molar-refractivity contribution in [3.05, 3.63) is 94.3 Å². The molecule has 1 amide bonds. The van der Waals surface area contributed by atoms with Crippen molar-refractivity contribution in [2.24, 2.45) is 5.16 Å². The van der Waals surface area contributed by atoms with Crippen LogP contribution in [0.4, 0.5) is 5.69 Å². The van der Waals surface area contributed by atoms with Crippen molar-refractivity contribution in [1.82, 2.24) is 4.98 Å². The summed E-state index contributed by atoms with van der Waals surface area (Å²) >= 11 is 6.10. The average molecular weight is 417 g/mol. The third-order valence-electron chi connectivity index (χ3n) is 4.78. The quantitative estimate of drug-likeness (QED) is 0.670. The van der Waals surface area contributed by atoms with Crippen LogP contribution in [0.3, 0.4) is 0 Å². The van der Waals surface area contributed by atoms with Gasteiger partial charge in [0.25, 0.3) is 5.91 Å². The molecule has 0 radical (unpaired) electrons. The molecule has 3 aromatic rings. The number of amides is 1. The first kappa shape index (κ1) is 19.6. The Bertz CT molecular complexity index is 1140. The number of hydrogen-bond donors (Lipinski definition) is 1. The van der Waals surface area contributed by atoms with E-state index >= 15 is 0 Å². The van der Waals surface area contributed by atoms with E-state index in [4.69, 9.17) is 16.4 Å². The lowest BCUT2D eigenvalue weighted by atomic mass is 10.00. The van der Waals surface area contributed by atoms with E-state index in [1.807, 2.05) is 48.5 Å². The molecule has 2 aromatic carbocycles. The third-order valence-corrected chi connectivity index (χ3v) is 5.10. The van der Waals surface area contributed by atoms with Gasteiger partial charge in [0.15, 0.2) is 0 Å². The molecule has 1 N–H and O–H groups in total. The summed E-state index contributed by atoms with van der Waals surface area (Å²) < 4.78 is 0. The lowest BCUT2D eigenvalue weighted by Crippen LogP contribution is -2.28. The second kappa shape index (κ2) is 8.76. The van der Waals surface area contributed by atoms with E-state index in [-0.39, 0.29) is 5.91 Å². The number of benzene rings is 2. The van der Waals surface area contributed by atoms with Crippen LogP contribution < -0.4 is 5.32 Å². The molecule has 0 saturated carbocycles. The minimum Gasteiger partial charge on any atom is -0.382 e. The predicted octanol–water partition coefficient (Wildman–Crippen LogP) is 4.33. The van der Waals surface area contributed by atoms with E-state index in [0.29, 0.717) is 34.8 Å². The van der Waals surface area contributed by atoms with Gasteiger partial charge in [-0.2, -0.15) is 5.26 Å². The summed E-state index contributed by atoms with van der Waals surface area (Å²) in [5, 5.41) is 16.6. The highest BCUT2D eigenvalue weighted by Gasteiger charge is 2.29. The molecule has 0 bridgehead atoms. The zero-order valence-electron chi connectivity index (χ0n) is 15.9. The molecule has 6 nitrogen and oxygen atoms in total. The third kappa shape index (κ3) is 4.32. The van der Waals surface area contributed by atoms with Crippen LogP contribution in [0.15, 0.2) is 72.1 Å². The van der Waals surface area contributed by atoms with Crippen molar-refractivity contribution < 1.29 is 9.63 Å². The number of oxime groups is 1. The van der Waals surface area contributed by atoms with Gasteiger partial charge in [0.05, 0.1) is 16.3 Å². The van der Waals surface area contributed by atoms with Crippen molar-refractivity contribution in [3.8, 4) is 6.07 Å². The van der Waals surface area contributed by atoms with Crippen LogP contribution in [0.2, 0.25) is 5.02 Å². The first-order valence-electron chi connectivity index (χ1n) is 9.34. The van der Waals surface area contributed by atoms with Crippen LogP contribution in [-0.4, -0.2) is 22.7 Å². The van der Waals surface area contributed by atoms with Gasteiger partial charge in [-0.25, -0.2) is 0 Å². The maximum Gasteiger partial charge on any atom is 0.268 e. The van der Waals surface area contributed by atoms with Gasteiger partial charge in [-0.05, 0) is 47.9 Å². The van der Waals surface area contributed by atoms with E-state index in [1.54, 1.807) is 18.5 Å². The number of pyridine rings is 1. The molecule has 30 heavy (non-hydrogen) atoms. The van der Waals surface area contributed by atoms with Gasteiger partial charge in [-0.1, -0.05) is 41.0 Å². The molecule has 0 aliphatic carbocycles. The minimum absolute atomic E-state index is 0.257. The van der Waals surface area contributed by atoms with Gasteiger partial charge < -0.3 is 10.2 Å². The molecule has 7 heteroatoms. The topological polar surface area (TPSA) is 87.4 Å². The van der Waals surface area contributed by atoms with Crippen LogP contribution in [0.5, 0.6) is 0 Å². The van der Waals surface area contributed by atoms with Gasteiger partial charge in [0.2, 0.25) is 6.10 Å². The van der Waals surface area contributed by atoms with Crippen LogP contribution in [0, 0.1) is 11.3 Å². The Morgan fingerprint density at radius 2 is 2.03 bits per heavy atom. The summed E-state index contributed by atoms with van der Waals surface area (Å²) in [7, 11) is 0. The van der Waals surface area contributed by atoms with Crippen molar-refractivity contribution in [1.29, 1.82) is 5.26 Å². The number of halogens is 1. The second-order valence-corrected chi connectivity index (χ2v) is 7.23. The Hall–Kier alpha value is -3.69. The van der Waals surface area contributed by atoms with Crippen LogP contribution in [0.1, 0.15) is 28.7 Å². The Balaban J connectivity index is 1.37. The highest BCUT2D eigenvalue weighted by atomic mass is 35.5. The van der Waals surface area contributed by atoms with Crippen LogP contribution in [0.25, 0.3) is 0 Å². The molecule has 0 spiro atoms. The summed E-state index contributed by atoms with van der Waals surface area (Å²) in [5.41, 5.74) is 4.56. The Morgan fingerprint density at radius 1 is 1.20 bits per heavy atom. The normalized spacial score (nSPS) is 15.1. The zero-order chi connectivity index (χ0) is 20.9. The molecule has 1 aliphatic heterocycles. The van der Waals surface area contributed by atoms with E-state index in [1.165, 1.54) is 0 Å². The zero-order valence-corrected chi connectivity index (χ0v) is 16.6. The maximum absolute atomic E-state index is 12.5. The number of aromatic nitrogens is 1. The summed E-state index contributed by atoms with van der Waals surface area (Å²) in [6.07, 6.45) is 3.66. The monoisotopic (exact) mass is 416 g/mol. The fourth-order valence-electron chi connectivity index (χ4n) is 3.21. The van der Waals surface area contributed by atoms with Crippen molar-refractivity contribution in [2.75, 3.05) is 5.32 Å². The lowest BCUT2D eigenvalue weighted by molar-refractivity contribution is -0.125. The highest BCUT2D eigenvalue weighted by Crippen LogP contribution is 2.23. The van der Waals surface area contributed by atoms with Gasteiger partial charge >= 0.3 is 0 Å². The summed E-state index contributed by atoms with van der Waals surface area (Å²) in [4.78, 5) is 21.9. The van der Waals surface area contributed by atoms with E-state index in [0.717, 1.165) is 16.7 Å². The summed E-state index contributed by atoms with van der Waals surface area (Å²) in [6.45, 7) is 0. The Labute approximate surface area is 178 Å². The number of nitrogens with one attached hydrogen (secondary N) is 1. The highest BCUT2D eigenvalue weighted by molar-refractivity contribution is 6.31. The maximum atomic E-state index is 12.5. The fraction of sp³-hybridized carbons (Fsp3) is 0.130. The molecular formula is C23H17ClN4O2. The fourth-order valence-corrected chi connectivity index (χ4v) is 3.45. The summed E-state index contributed by atoms with van der Waals surface area (Å²) in [6, 6.07) is 18.7. The number of nitriles is 1. The molecule has 2 heterocycles. The van der Waals surface area contributed by atoms with Gasteiger partial charge in [-0.3, -0.25) is 9.78 Å². The second-order valence-electron chi connectivity index (χ2n) is 6.83. The number of carbonyl (C=O) groups excluding carboxylic acids is 1. The molecule has 1 atom stereocenters. The van der Waals surface area contributed by atoms with Gasteiger partial charge in [0.1, 0.15) is 6.07 Å². The number of anilines is 1. The molecule has 148 valence electrons. The first-order valence-corrected chi connectivity index (χ1v) is 9.72. The summed E-state index contributed by atoms with van der Waals surface area (Å²) in [5.74, 6) is -0.257. The van der Waals surface area contributed by atoms with Crippen molar-refractivity contribution >= 4 is 28.9 Å². The molecule has 4 rings (SSSR count).